The van der Waals surface area contributed by atoms with Crippen molar-refractivity contribution in [2.45, 2.75) is 45.6 Å². The Morgan fingerprint density at radius 3 is 2.55 bits per heavy atom. The van der Waals surface area contributed by atoms with Gasteiger partial charge >= 0.3 is 0 Å². The van der Waals surface area contributed by atoms with Crippen LogP contribution in [0.2, 0.25) is 0 Å². The molecule has 1 N–H and O–H groups in total. The summed E-state index contributed by atoms with van der Waals surface area (Å²) >= 11 is 0. The molecule has 1 aromatic heterocycles. The highest BCUT2D eigenvalue weighted by Crippen LogP contribution is 2.38. The molecule has 0 saturated heterocycles. The van der Waals surface area contributed by atoms with Crippen molar-refractivity contribution in [2.75, 3.05) is 6.54 Å². The smallest absolute Gasteiger partial charge is 0.290 e. The summed E-state index contributed by atoms with van der Waals surface area (Å²) in [6.07, 6.45) is 6.43. The third kappa shape index (κ3) is 3.03. The molecule has 0 aliphatic carbocycles. The van der Waals surface area contributed by atoms with Crippen LogP contribution in [0.25, 0.3) is 0 Å². The van der Waals surface area contributed by atoms with Gasteiger partial charge in [-0.1, -0.05) is 26.7 Å². The van der Waals surface area contributed by atoms with E-state index >= 15 is 0 Å². The Balaban J connectivity index is 2.38. The maximum Gasteiger partial charge on any atom is 0.290 e. The number of pyridine rings is 1. The average molecular weight is 302 g/mol. The molecule has 2 rings (SSSR count). The second kappa shape index (κ2) is 7.20. The molecule has 0 fully saturated rings. The van der Waals surface area contributed by atoms with Gasteiger partial charge in [0.25, 0.3) is 5.91 Å². The number of ketones is 1. The van der Waals surface area contributed by atoms with E-state index in [0.717, 1.165) is 24.8 Å². The number of aromatic nitrogens is 1. The molecule has 5 nitrogen and oxygen atoms in total. The number of nitrogens with zero attached hydrogens (tertiary/aromatic N) is 2. The molecule has 0 saturated carbocycles. The summed E-state index contributed by atoms with van der Waals surface area (Å²) in [6, 6.07) is 3.07. The van der Waals surface area contributed by atoms with Gasteiger partial charge in [-0.15, -0.1) is 0 Å². The minimum Gasteiger partial charge on any atom is -0.503 e. The number of unbranched alkanes of at least 4 members (excludes halogenated alkanes) is 2. The number of carbonyl (C=O) groups is 2. The number of hydrogen-bond acceptors (Lipinski definition) is 4. The molecule has 5 heteroatoms. The first kappa shape index (κ1) is 16.2. The lowest BCUT2D eigenvalue weighted by Gasteiger charge is -2.26. The molecule has 0 bridgehead atoms. The third-order valence-corrected chi connectivity index (χ3v) is 3.95. The maximum atomic E-state index is 12.4. The van der Waals surface area contributed by atoms with Gasteiger partial charge in [0.2, 0.25) is 0 Å². The van der Waals surface area contributed by atoms with Crippen LogP contribution in [-0.2, 0) is 9.59 Å². The molecular weight excluding hydrogens is 280 g/mol. The monoisotopic (exact) mass is 302 g/mol. The molecule has 22 heavy (non-hydrogen) atoms. The van der Waals surface area contributed by atoms with Crippen LogP contribution < -0.4 is 0 Å². The highest BCUT2D eigenvalue weighted by Gasteiger charge is 2.42. The molecule has 1 aliphatic heterocycles. The molecule has 2 heterocycles. The largest absolute Gasteiger partial charge is 0.503 e. The second-order valence-corrected chi connectivity index (χ2v) is 5.43. The number of aliphatic hydroxyl groups is 1. The van der Waals surface area contributed by atoms with Crippen molar-refractivity contribution in [1.29, 1.82) is 0 Å². The molecule has 1 aliphatic rings. The van der Waals surface area contributed by atoms with Gasteiger partial charge in [0.15, 0.2) is 11.5 Å². The van der Waals surface area contributed by atoms with Crippen molar-refractivity contribution in [1.82, 2.24) is 9.88 Å². The number of hydrogen-bond donors (Lipinski definition) is 1. The number of rotatable bonds is 7. The Morgan fingerprint density at radius 2 is 1.95 bits per heavy atom. The zero-order valence-corrected chi connectivity index (χ0v) is 13.1. The lowest BCUT2D eigenvalue weighted by atomic mass is 9.96. The first-order chi connectivity index (χ1) is 10.6. The van der Waals surface area contributed by atoms with Crippen LogP contribution in [0, 0.1) is 0 Å². The molecule has 0 aromatic carbocycles. The van der Waals surface area contributed by atoms with E-state index in [0.29, 0.717) is 6.54 Å². The fourth-order valence-electron chi connectivity index (χ4n) is 2.78. The van der Waals surface area contributed by atoms with Gasteiger partial charge in [-0.2, -0.15) is 0 Å². The minimum atomic E-state index is -0.500. The van der Waals surface area contributed by atoms with E-state index in [1.807, 2.05) is 0 Å². The van der Waals surface area contributed by atoms with E-state index in [2.05, 4.69) is 11.9 Å². The summed E-state index contributed by atoms with van der Waals surface area (Å²) in [5, 5.41) is 10.2. The van der Waals surface area contributed by atoms with Gasteiger partial charge in [-0.25, -0.2) is 0 Å². The summed E-state index contributed by atoms with van der Waals surface area (Å²) in [6.45, 7) is 4.36. The Morgan fingerprint density at radius 1 is 1.27 bits per heavy atom. The molecule has 1 unspecified atom stereocenters. The lowest BCUT2D eigenvalue weighted by molar-refractivity contribution is -0.129. The second-order valence-electron chi connectivity index (χ2n) is 5.43. The first-order valence-corrected chi connectivity index (χ1v) is 7.79. The molecule has 1 atom stereocenters. The minimum absolute atomic E-state index is 0.189. The van der Waals surface area contributed by atoms with Gasteiger partial charge in [-0.05, 0) is 24.1 Å². The fraction of sp³-hybridized carbons (Fsp3) is 0.471. The SMILES string of the molecule is CCCCCN1C(=O)C(O)=C(C(=O)CC)C1c1ccncc1. The van der Waals surface area contributed by atoms with Crippen LogP contribution in [0.4, 0.5) is 0 Å². The number of carbonyl (C=O) groups excluding carboxylic acids is 2. The van der Waals surface area contributed by atoms with E-state index in [9.17, 15) is 14.7 Å². The number of aliphatic hydroxyl groups excluding tert-OH is 1. The van der Waals surface area contributed by atoms with Gasteiger partial charge in [0.1, 0.15) is 0 Å². The summed E-state index contributed by atoms with van der Waals surface area (Å²) in [4.78, 5) is 30.2. The fourth-order valence-corrected chi connectivity index (χ4v) is 2.78. The van der Waals surface area contributed by atoms with Crippen molar-refractivity contribution < 1.29 is 14.7 Å². The first-order valence-electron chi connectivity index (χ1n) is 7.79. The van der Waals surface area contributed by atoms with Crippen LogP contribution in [0.15, 0.2) is 35.9 Å². The summed E-state index contributed by atoms with van der Waals surface area (Å²) in [7, 11) is 0. The standard InChI is InChI=1S/C17H22N2O3/c1-3-5-6-11-19-15(12-7-9-18-10-8-12)14(13(20)4-2)16(21)17(19)22/h7-10,15,21H,3-6,11H2,1-2H3. The predicted molar refractivity (Wildman–Crippen MR) is 83.2 cm³/mol. The lowest BCUT2D eigenvalue weighted by Crippen LogP contribution is -2.32. The summed E-state index contributed by atoms with van der Waals surface area (Å²) in [5.41, 5.74) is 1.02. The zero-order chi connectivity index (χ0) is 16.1. The highest BCUT2D eigenvalue weighted by molar-refractivity contribution is 6.08. The molecule has 1 amide bonds. The van der Waals surface area contributed by atoms with Crippen LogP contribution >= 0.6 is 0 Å². The Bertz CT molecular complexity index is 581. The zero-order valence-electron chi connectivity index (χ0n) is 13.1. The van der Waals surface area contributed by atoms with E-state index < -0.39 is 17.7 Å². The molecule has 1 aromatic rings. The maximum absolute atomic E-state index is 12.4. The van der Waals surface area contributed by atoms with Crippen molar-refractivity contribution in [3.63, 3.8) is 0 Å². The third-order valence-electron chi connectivity index (χ3n) is 3.95. The highest BCUT2D eigenvalue weighted by atomic mass is 16.3. The van der Waals surface area contributed by atoms with E-state index in [1.54, 1.807) is 36.4 Å². The Labute approximate surface area is 130 Å². The molecular formula is C17H22N2O3. The Kier molecular flexibility index (Phi) is 5.31. The quantitative estimate of drug-likeness (QED) is 0.786. The van der Waals surface area contributed by atoms with Gasteiger partial charge < -0.3 is 10.0 Å². The summed E-state index contributed by atoms with van der Waals surface area (Å²) < 4.78 is 0. The topological polar surface area (TPSA) is 70.5 Å². The van der Waals surface area contributed by atoms with Crippen molar-refractivity contribution in [2.24, 2.45) is 0 Å². The van der Waals surface area contributed by atoms with E-state index in [1.165, 1.54) is 0 Å². The van der Waals surface area contributed by atoms with E-state index in [4.69, 9.17) is 0 Å². The molecule has 118 valence electrons. The molecule has 0 spiro atoms. The number of amides is 1. The van der Waals surface area contributed by atoms with E-state index in [-0.39, 0.29) is 17.8 Å². The molecule has 0 radical (unpaired) electrons. The van der Waals surface area contributed by atoms with Crippen molar-refractivity contribution >= 4 is 11.7 Å². The van der Waals surface area contributed by atoms with Crippen LogP contribution in [0.3, 0.4) is 0 Å². The van der Waals surface area contributed by atoms with Crippen molar-refractivity contribution in [3.05, 3.63) is 41.4 Å². The summed E-state index contributed by atoms with van der Waals surface area (Å²) in [5.74, 6) is -1.04. The van der Waals surface area contributed by atoms with Crippen LogP contribution in [0.5, 0.6) is 0 Å². The van der Waals surface area contributed by atoms with Gasteiger partial charge in [0, 0.05) is 25.4 Å². The average Bonchev–Trinajstić information content (AvgIpc) is 2.80. The number of Topliss-reactive ketones (excluding diaryl/α,β-unsaturated/α-hetero) is 1. The van der Waals surface area contributed by atoms with Gasteiger partial charge in [0.05, 0.1) is 11.6 Å². The van der Waals surface area contributed by atoms with Crippen LogP contribution in [0.1, 0.15) is 51.1 Å². The van der Waals surface area contributed by atoms with Crippen molar-refractivity contribution in [3.8, 4) is 0 Å². The predicted octanol–water partition coefficient (Wildman–Crippen LogP) is 2.95. The van der Waals surface area contributed by atoms with Gasteiger partial charge in [-0.3, -0.25) is 14.6 Å². The normalized spacial score (nSPS) is 18.2. The Hall–Kier alpha value is -2.17. The van der Waals surface area contributed by atoms with Crippen LogP contribution in [-0.4, -0.2) is 33.2 Å².